The van der Waals surface area contributed by atoms with Gasteiger partial charge >= 0.3 is 0 Å². The smallest absolute Gasteiger partial charge is 0.296 e. The third-order valence-electron chi connectivity index (χ3n) is 9.90. The SMILES string of the molecule is NCCNCCNCCNc1nc(NCCNCCNCCN)nc(Nc2ccc3cc(S(=O)(=O)O)c(/N=N/c4ccc(/N=N/c5ccc(S(=O)(=O)O)cc5)c5ccc(S(=O)(=O)O)cc45)c(O)c3c2)n1. The highest BCUT2D eigenvalue weighted by Crippen LogP contribution is 2.44. The van der Waals surface area contributed by atoms with Gasteiger partial charge in [0.2, 0.25) is 17.8 Å². The van der Waals surface area contributed by atoms with Crippen molar-refractivity contribution in [1.82, 2.24) is 36.2 Å². The Labute approximate surface area is 402 Å². The predicted molar refractivity (Wildman–Crippen MR) is 263 cm³/mol. The first-order valence-electron chi connectivity index (χ1n) is 21.4. The van der Waals surface area contributed by atoms with Crippen molar-refractivity contribution < 1.29 is 44.0 Å². The number of hydrogen-bond acceptors (Lipinski definition) is 23. The van der Waals surface area contributed by atoms with E-state index in [1.165, 1.54) is 42.5 Å². The van der Waals surface area contributed by atoms with Crippen molar-refractivity contribution >= 4 is 98.2 Å². The Morgan fingerprint density at radius 1 is 0.486 bits per heavy atom. The van der Waals surface area contributed by atoms with E-state index in [-0.39, 0.29) is 61.3 Å². The maximum atomic E-state index is 12.7. The number of nitrogens with zero attached hydrogens (tertiary/aromatic N) is 7. The van der Waals surface area contributed by atoms with Crippen molar-refractivity contribution in [3.8, 4) is 5.75 Å². The Balaban J connectivity index is 1.30. The molecule has 26 nitrogen and oxygen atoms in total. The number of phenols is 1. The molecule has 0 bridgehead atoms. The van der Waals surface area contributed by atoms with Gasteiger partial charge in [-0.3, -0.25) is 13.7 Å². The quantitative estimate of drug-likeness (QED) is 0.0200. The van der Waals surface area contributed by atoms with E-state index in [9.17, 15) is 44.0 Å². The van der Waals surface area contributed by atoms with Gasteiger partial charge in [-0.2, -0.15) is 45.3 Å². The van der Waals surface area contributed by atoms with Crippen molar-refractivity contribution in [2.24, 2.45) is 31.9 Å². The first-order chi connectivity index (χ1) is 33.4. The van der Waals surface area contributed by atoms with Crippen LogP contribution in [0.3, 0.4) is 0 Å². The van der Waals surface area contributed by atoms with Gasteiger partial charge in [0.05, 0.1) is 26.9 Å². The van der Waals surface area contributed by atoms with Crippen LogP contribution in [0.4, 0.5) is 46.3 Å². The lowest BCUT2D eigenvalue weighted by atomic mass is 10.1. The summed E-state index contributed by atoms with van der Waals surface area (Å²) >= 11 is 0. The average Bonchev–Trinajstić information content (AvgIpc) is 3.31. The molecule has 29 heteroatoms. The van der Waals surface area contributed by atoms with Gasteiger partial charge in [0.25, 0.3) is 30.4 Å². The number of nitrogens with one attached hydrogen (secondary N) is 7. The topological polar surface area (TPSA) is 408 Å². The number of anilines is 4. The molecule has 0 saturated carbocycles. The second-order valence-electron chi connectivity index (χ2n) is 15.0. The van der Waals surface area contributed by atoms with Gasteiger partial charge in [-0.05, 0) is 72.1 Å². The molecular weight excluding hydrogens is 973 g/mol. The number of rotatable bonds is 27. The molecule has 5 aromatic carbocycles. The van der Waals surface area contributed by atoms with Crippen LogP contribution in [0.5, 0.6) is 5.75 Å². The Hall–Kier alpha value is -6.48. The van der Waals surface area contributed by atoms with Gasteiger partial charge < -0.3 is 53.8 Å². The molecule has 0 saturated heterocycles. The van der Waals surface area contributed by atoms with E-state index in [1.54, 1.807) is 6.07 Å². The standard InChI is InChI=1S/C41H52N16O10S3/c42-11-13-44-15-17-46-19-21-48-39-51-40(49-22-20-47-18-16-45-14-12-43)53-41(52-39)50-28-2-1-26-23-36(70(65,66)67)37(38(58)32(26)24-28)57-56-35-10-9-34(31-8-7-30(25-33(31)35)69(62,63)64)55-54-27-3-5-29(6-4-27)68(59,60)61/h1-10,23-25,44-47,58H,11-22,42-43H2,(H,59,60,61)(H,62,63,64)(H,65,66,67)(H3,48,49,50,51,52,53)/b55-54+,57-56+. The highest BCUT2D eigenvalue weighted by Gasteiger charge is 2.23. The Kier molecular flexibility index (Phi) is 18.4. The van der Waals surface area contributed by atoms with Gasteiger partial charge in [0.1, 0.15) is 10.6 Å². The summed E-state index contributed by atoms with van der Waals surface area (Å²) < 4.78 is 102. The third-order valence-corrected chi connectivity index (χ3v) is 12.5. The van der Waals surface area contributed by atoms with E-state index in [1.807, 2.05) is 0 Å². The Morgan fingerprint density at radius 3 is 1.56 bits per heavy atom. The van der Waals surface area contributed by atoms with E-state index < -0.39 is 51.6 Å². The monoisotopic (exact) mass is 1020 g/mol. The third kappa shape index (κ3) is 15.0. The number of aromatic nitrogens is 3. The highest BCUT2D eigenvalue weighted by molar-refractivity contribution is 7.86. The molecule has 0 amide bonds. The molecule has 0 fully saturated rings. The highest BCUT2D eigenvalue weighted by atomic mass is 32.2. The molecule has 70 heavy (non-hydrogen) atoms. The summed E-state index contributed by atoms with van der Waals surface area (Å²) in [4.78, 5) is 11.8. The van der Waals surface area contributed by atoms with Crippen molar-refractivity contribution in [3.63, 3.8) is 0 Å². The number of benzene rings is 5. The Bertz CT molecular complexity index is 3150. The lowest BCUT2D eigenvalue weighted by molar-refractivity contribution is 0.472. The predicted octanol–water partition coefficient (Wildman–Crippen LogP) is 3.30. The fourth-order valence-electron chi connectivity index (χ4n) is 6.55. The summed E-state index contributed by atoms with van der Waals surface area (Å²) in [6.45, 7) is 7.59. The lowest BCUT2D eigenvalue weighted by Gasteiger charge is -2.13. The molecule has 0 aliphatic rings. The van der Waals surface area contributed by atoms with Gasteiger partial charge in [0.15, 0.2) is 5.75 Å². The van der Waals surface area contributed by atoms with Gasteiger partial charge in [0, 0.05) is 100 Å². The number of fused-ring (bicyclic) bond motifs is 2. The van der Waals surface area contributed by atoms with E-state index in [0.717, 1.165) is 56.5 Å². The minimum Gasteiger partial charge on any atom is -0.505 e. The van der Waals surface area contributed by atoms with Crippen LogP contribution >= 0.6 is 0 Å². The zero-order valence-electron chi connectivity index (χ0n) is 37.2. The summed E-state index contributed by atoms with van der Waals surface area (Å²) in [5.41, 5.74) is 11.0. The van der Waals surface area contributed by atoms with Crippen LogP contribution in [-0.2, 0) is 30.4 Å². The lowest BCUT2D eigenvalue weighted by Crippen LogP contribution is -2.33. The van der Waals surface area contributed by atoms with Crippen molar-refractivity contribution in [2.45, 2.75) is 14.7 Å². The molecule has 1 heterocycles. The second kappa shape index (κ2) is 24.4. The zero-order chi connectivity index (χ0) is 50.3. The van der Waals surface area contributed by atoms with Gasteiger partial charge in [-0.25, -0.2) is 0 Å². The normalized spacial score (nSPS) is 12.4. The number of aromatic hydroxyl groups is 1. The minimum absolute atomic E-state index is 0.0241. The fraction of sp³-hybridized carbons (Fsp3) is 0.293. The van der Waals surface area contributed by atoms with Gasteiger partial charge in [-0.15, -0.1) is 15.3 Å². The molecule has 15 N–H and O–H groups in total. The van der Waals surface area contributed by atoms with E-state index in [4.69, 9.17) is 11.5 Å². The number of phenolic OH excluding ortho intramolecular Hbond substituents is 1. The molecular formula is C41H52N16O10S3. The van der Waals surface area contributed by atoms with Crippen molar-refractivity contribution in [2.75, 3.05) is 94.5 Å². The van der Waals surface area contributed by atoms with E-state index in [2.05, 4.69) is 72.6 Å². The summed E-state index contributed by atoms with van der Waals surface area (Å²) in [5, 5.41) is 51.1. The molecule has 374 valence electrons. The van der Waals surface area contributed by atoms with E-state index in [0.29, 0.717) is 58.0 Å². The van der Waals surface area contributed by atoms with Crippen LogP contribution in [0.2, 0.25) is 0 Å². The summed E-state index contributed by atoms with van der Waals surface area (Å²) in [6.07, 6.45) is 0. The van der Waals surface area contributed by atoms with Crippen molar-refractivity contribution in [1.29, 1.82) is 0 Å². The maximum absolute atomic E-state index is 12.7. The molecule has 0 spiro atoms. The summed E-state index contributed by atoms with van der Waals surface area (Å²) in [6, 6.07) is 16.6. The first kappa shape index (κ1) is 52.9. The first-order valence-corrected chi connectivity index (χ1v) is 25.7. The molecule has 1 aromatic heterocycles. The van der Waals surface area contributed by atoms with Crippen LogP contribution in [0.1, 0.15) is 0 Å². The fourth-order valence-corrected chi connectivity index (χ4v) is 8.19. The second-order valence-corrected chi connectivity index (χ2v) is 19.2. The largest absolute Gasteiger partial charge is 0.505 e. The molecule has 0 unspecified atom stereocenters. The summed E-state index contributed by atoms with van der Waals surface area (Å²) in [7, 11) is -14.3. The number of azo groups is 2. The minimum atomic E-state index is -5.06. The van der Waals surface area contributed by atoms with Crippen LogP contribution in [0, 0.1) is 0 Å². The van der Waals surface area contributed by atoms with Gasteiger partial charge in [-0.1, -0.05) is 12.1 Å². The maximum Gasteiger partial charge on any atom is 0.296 e. The molecule has 0 aliphatic carbocycles. The zero-order valence-corrected chi connectivity index (χ0v) is 39.7. The average molecular weight is 1030 g/mol. The number of hydrogen-bond donors (Lipinski definition) is 13. The molecule has 6 aromatic rings. The molecule has 0 radical (unpaired) electrons. The molecule has 0 atom stereocenters. The Morgan fingerprint density at radius 2 is 1.00 bits per heavy atom. The van der Waals surface area contributed by atoms with Crippen molar-refractivity contribution in [3.05, 3.63) is 78.9 Å². The van der Waals surface area contributed by atoms with Crippen LogP contribution in [0.15, 0.2) is 114 Å². The molecule has 0 aliphatic heterocycles. The van der Waals surface area contributed by atoms with E-state index >= 15 is 0 Å². The van der Waals surface area contributed by atoms with Crippen LogP contribution < -0.4 is 48.7 Å². The molecule has 6 rings (SSSR count). The summed E-state index contributed by atoms with van der Waals surface area (Å²) in [5.74, 6) is -0.0823. The van der Waals surface area contributed by atoms with Crippen LogP contribution in [-0.4, -0.2) is 138 Å². The van der Waals surface area contributed by atoms with Crippen LogP contribution in [0.25, 0.3) is 21.5 Å². The number of nitrogens with two attached hydrogens (primary N) is 2.